The van der Waals surface area contributed by atoms with E-state index in [1.165, 1.54) is 0 Å². The molecule has 0 aromatic rings. The quantitative estimate of drug-likeness (QED) is 0.176. The minimum absolute atomic E-state index is 0. The maximum absolute atomic E-state index is 9.00. The summed E-state index contributed by atoms with van der Waals surface area (Å²) in [5, 5.41) is 29.4. The van der Waals surface area contributed by atoms with Crippen molar-refractivity contribution in [1.82, 2.24) is 0 Å². The first-order valence-electron chi connectivity index (χ1n) is 1.86. The molecule has 0 aliphatic heterocycles. The predicted octanol–water partition coefficient (Wildman–Crippen LogP) is -4.35. The molecule has 10 heavy (non-hydrogen) atoms. The van der Waals surface area contributed by atoms with Crippen LogP contribution in [0.3, 0.4) is 0 Å². The van der Waals surface area contributed by atoms with Crippen LogP contribution in [0.25, 0.3) is 0 Å². The Morgan fingerprint density at radius 3 is 1.70 bits per heavy atom. The Kier molecular flexibility index (Phi) is 20.3. The molecule has 0 bridgehead atoms. The zero-order valence-corrected chi connectivity index (χ0v) is 7.68. The molecule has 0 fully saturated rings. The molecule has 0 aromatic heterocycles. The summed E-state index contributed by atoms with van der Waals surface area (Å²) in [4.78, 5) is 11.9. The Morgan fingerprint density at radius 2 is 1.70 bits per heavy atom. The fourth-order valence-electron chi connectivity index (χ4n) is 0. The van der Waals surface area contributed by atoms with Crippen LogP contribution in [0.4, 0.5) is 0 Å². The summed E-state index contributed by atoms with van der Waals surface area (Å²) in [6.45, 7) is 1.08. The van der Waals surface area contributed by atoms with Gasteiger partial charge in [-0.3, -0.25) is 10.1 Å². The molecule has 0 aliphatic rings. The van der Waals surface area contributed by atoms with E-state index in [9.17, 15) is 0 Å². The predicted molar refractivity (Wildman–Crippen MR) is 28.3 cm³/mol. The van der Waals surface area contributed by atoms with Gasteiger partial charge in [0.25, 0.3) is 5.97 Å². The molecule has 0 spiro atoms. The van der Waals surface area contributed by atoms with Crippen molar-refractivity contribution in [2.45, 2.75) is 6.92 Å². The molecule has 56 valence electrons. The summed E-state index contributed by atoms with van der Waals surface area (Å²) in [6.07, 6.45) is 0. The molecule has 0 unspecified atom stereocenters. The summed E-state index contributed by atoms with van der Waals surface area (Å²) in [5.41, 5.74) is 0. The van der Waals surface area contributed by atoms with E-state index in [-0.39, 0.29) is 31.0 Å². The molecule has 0 atom stereocenters. The van der Waals surface area contributed by atoms with Gasteiger partial charge in [-0.05, 0) is 0 Å². The number of carboxylic acid groups (broad SMARTS) is 1. The number of carboxylic acids is 1. The summed E-state index contributed by atoms with van der Waals surface area (Å²) in [6, 6.07) is 0. The molecule has 8 heteroatoms. The van der Waals surface area contributed by atoms with Gasteiger partial charge in [0, 0.05) is 6.92 Å². The zero-order valence-electron chi connectivity index (χ0n) is 6.68. The third kappa shape index (κ3) is 80.8. The normalized spacial score (nSPS) is 6.40. The van der Waals surface area contributed by atoms with Crippen LogP contribution < -0.4 is 29.6 Å². The number of aliphatic carboxylic acids is 1. The number of hydrogen-bond donors (Lipinski definition) is 4. The van der Waals surface area contributed by atoms with E-state index in [0.29, 0.717) is 0 Å². The van der Waals surface area contributed by atoms with Crippen LogP contribution >= 0.6 is 0 Å². The van der Waals surface area contributed by atoms with Gasteiger partial charge in [0.2, 0.25) is 0 Å². The Balaban J connectivity index is -0.0000000383. The minimum Gasteiger partial charge on any atom is -1.00 e. The second-order valence-corrected chi connectivity index (χ2v) is 0.951. The van der Waals surface area contributed by atoms with Gasteiger partial charge in [0.1, 0.15) is 0 Å². The summed E-state index contributed by atoms with van der Waals surface area (Å²) in [7, 11) is -2.06. The standard InChI is InChI=1S/C2H4O2.BH3O4.Na.H/c1-2(3)4;2-1(3)5-4;;/h1H3,(H,3,4);2-4H;;/q;;+1;-1. The summed E-state index contributed by atoms with van der Waals surface area (Å²) in [5.74, 6) is -0.833. The van der Waals surface area contributed by atoms with Gasteiger partial charge in [-0.15, -0.1) is 0 Å². The molecule has 0 rings (SSSR count). The van der Waals surface area contributed by atoms with Gasteiger partial charge >= 0.3 is 36.9 Å². The molecule has 4 N–H and O–H groups in total. The fourth-order valence-corrected chi connectivity index (χ4v) is 0. The number of carbonyl (C=O) groups is 1. The minimum atomic E-state index is -2.06. The topological polar surface area (TPSA) is 107 Å². The van der Waals surface area contributed by atoms with E-state index in [0.717, 1.165) is 6.92 Å². The van der Waals surface area contributed by atoms with Crippen molar-refractivity contribution < 1.29 is 61.0 Å². The first-order valence-corrected chi connectivity index (χ1v) is 1.86. The average Bonchev–Trinajstić information content (AvgIpc) is 1.65. The van der Waals surface area contributed by atoms with Gasteiger partial charge in [-0.25, -0.2) is 4.81 Å². The second-order valence-electron chi connectivity index (χ2n) is 0.951. The third-order valence-corrected chi connectivity index (χ3v) is 0.0943. The van der Waals surface area contributed by atoms with E-state index < -0.39 is 13.3 Å². The van der Waals surface area contributed by atoms with Crippen LogP contribution in [0.1, 0.15) is 8.35 Å². The second kappa shape index (κ2) is 12.1. The third-order valence-electron chi connectivity index (χ3n) is 0.0943. The van der Waals surface area contributed by atoms with E-state index in [2.05, 4.69) is 4.81 Å². The van der Waals surface area contributed by atoms with Crippen molar-refractivity contribution in [1.29, 1.82) is 0 Å². The van der Waals surface area contributed by atoms with E-state index in [1.54, 1.807) is 0 Å². The number of hydrogen-bond acceptors (Lipinski definition) is 5. The molecule has 0 heterocycles. The summed E-state index contributed by atoms with van der Waals surface area (Å²) >= 11 is 0. The van der Waals surface area contributed by atoms with E-state index >= 15 is 0 Å². The maximum Gasteiger partial charge on any atom is 1.00 e. The Bertz CT molecular complexity index is 77.0. The van der Waals surface area contributed by atoms with Crippen LogP contribution in [0.5, 0.6) is 0 Å². The zero-order chi connectivity index (χ0) is 7.86. The van der Waals surface area contributed by atoms with Crippen LogP contribution in [-0.2, 0) is 9.60 Å². The monoisotopic (exact) mass is 162 g/mol. The summed E-state index contributed by atoms with van der Waals surface area (Å²) < 4.78 is 0. The Hall–Kier alpha value is 0.375. The van der Waals surface area contributed by atoms with Crippen molar-refractivity contribution in [2.24, 2.45) is 0 Å². The Morgan fingerprint density at radius 1 is 1.60 bits per heavy atom. The smallest absolute Gasteiger partial charge is 1.00 e. The van der Waals surface area contributed by atoms with Crippen molar-refractivity contribution in [3.8, 4) is 0 Å². The van der Waals surface area contributed by atoms with Crippen molar-refractivity contribution >= 4 is 13.3 Å². The van der Waals surface area contributed by atoms with Crippen LogP contribution in [-0.4, -0.2) is 33.7 Å². The molecule has 0 amide bonds. The van der Waals surface area contributed by atoms with Gasteiger partial charge in [0.05, 0.1) is 0 Å². The molecule has 0 aromatic carbocycles. The molecule has 0 radical (unpaired) electrons. The van der Waals surface area contributed by atoms with E-state index in [4.69, 9.17) is 25.2 Å². The van der Waals surface area contributed by atoms with Gasteiger partial charge in [-0.1, -0.05) is 0 Å². The van der Waals surface area contributed by atoms with Crippen molar-refractivity contribution in [3.63, 3.8) is 0 Å². The first-order chi connectivity index (χ1) is 4.00. The van der Waals surface area contributed by atoms with Crippen LogP contribution in [0.15, 0.2) is 0 Å². The molecular formula is C2H8BNaO6. The molecule has 6 nitrogen and oxygen atoms in total. The SMILES string of the molecule is CC(=O)O.OOB(O)O.[H-].[Na+]. The van der Waals surface area contributed by atoms with E-state index in [1.807, 2.05) is 0 Å². The Labute approximate surface area is 81.3 Å². The molecule has 0 saturated carbocycles. The molecular weight excluding hydrogens is 154 g/mol. The fraction of sp³-hybridized carbons (Fsp3) is 0.500. The average molecular weight is 162 g/mol. The first kappa shape index (κ1) is 16.8. The molecule has 0 saturated heterocycles. The number of rotatable bonds is 1. The van der Waals surface area contributed by atoms with Gasteiger partial charge in [0.15, 0.2) is 0 Å². The van der Waals surface area contributed by atoms with Gasteiger partial charge in [-0.2, -0.15) is 0 Å². The van der Waals surface area contributed by atoms with Crippen LogP contribution in [0, 0.1) is 0 Å². The van der Waals surface area contributed by atoms with Gasteiger partial charge < -0.3 is 16.6 Å². The molecule has 0 aliphatic carbocycles. The van der Waals surface area contributed by atoms with Crippen LogP contribution in [0.2, 0.25) is 0 Å². The van der Waals surface area contributed by atoms with Crippen molar-refractivity contribution in [3.05, 3.63) is 0 Å². The van der Waals surface area contributed by atoms with Crippen molar-refractivity contribution in [2.75, 3.05) is 0 Å². The maximum atomic E-state index is 9.00. The largest absolute Gasteiger partial charge is 1.00 e.